The fraction of sp³-hybridized carbons (Fsp3) is 0.100. The minimum atomic E-state index is -0.242. The molecule has 6 heteroatoms. The van der Waals surface area contributed by atoms with E-state index in [0.29, 0.717) is 17.0 Å². The highest BCUT2D eigenvalue weighted by Gasteiger charge is 2.11. The van der Waals surface area contributed by atoms with Crippen LogP contribution in [0.3, 0.4) is 0 Å². The lowest BCUT2D eigenvalue weighted by Crippen LogP contribution is -2.13. The van der Waals surface area contributed by atoms with E-state index in [2.05, 4.69) is 32.2 Å². The van der Waals surface area contributed by atoms with Crippen molar-refractivity contribution in [2.75, 3.05) is 5.32 Å². The number of aromatic nitrogens is 4. The first-order valence-corrected chi connectivity index (χ1v) is 8.25. The van der Waals surface area contributed by atoms with Crippen molar-refractivity contribution >= 4 is 22.7 Å². The number of hydrogen-bond acceptors (Lipinski definition) is 5. The van der Waals surface area contributed by atoms with Crippen molar-refractivity contribution in [3.05, 3.63) is 76.5 Å². The lowest BCUT2D eigenvalue weighted by Gasteiger charge is -2.09. The zero-order chi connectivity index (χ0) is 18.1. The van der Waals surface area contributed by atoms with E-state index in [1.165, 1.54) is 5.56 Å². The standard InChI is InChI=1S/C20H17N5O/c1-12-5-6-15(10-13(12)2)23-20-24-18-17(19(26)25-20)16(7-9-22-18)14-4-3-8-21-11-14/h3-11H,1-2H3,(H2,22,23,24,25,26). The summed E-state index contributed by atoms with van der Waals surface area (Å²) in [5.41, 5.74) is 4.99. The molecule has 1 aromatic carbocycles. The molecule has 0 aliphatic rings. The SMILES string of the molecule is Cc1ccc(Nc2nc3nccc(-c4cccnc4)c3c(=O)[nH]2)cc1C. The molecule has 0 fully saturated rings. The van der Waals surface area contributed by atoms with Gasteiger partial charge < -0.3 is 5.32 Å². The van der Waals surface area contributed by atoms with Gasteiger partial charge >= 0.3 is 0 Å². The maximum Gasteiger partial charge on any atom is 0.262 e. The smallest absolute Gasteiger partial charge is 0.262 e. The summed E-state index contributed by atoms with van der Waals surface area (Å²) in [6, 6.07) is 11.5. The maximum atomic E-state index is 12.7. The Balaban J connectivity index is 1.80. The van der Waals surface area contributed by atoms with Gasteiger partial charge in [-0.05, 0) is 49.2 Å². The highest BCUT2D eigenvalue weighted by Crippen LogP contribution is 2.24. The molecule has 128 valence electrons. The molecule has 3 heterocycles. The summed E-state index contributed by atoms with van der Waals surface area (Å²) < 4.78 is 0. The summed E-state index contributed by atoms with van der Waals surface area (Å²) in [7, 11) is 0. The third-order valence-corrected chi connectivity index (χ3v) is 4.35. The topological polar surface area (TPSA) is 83.6 Å². The Morgan fingerprint density at radius 1 is 1.04 bits per heavy atom. The van der Waals surface area contributed by atoms with E-state index in [9.17, 15) is 4.79 Å². The fourth-order valence-electron chi connectivity index (χ4n) is 2.84. The van der Waals surface area contributed by atoms with Crippen LogP contribution < -0.4 is 10.9 Å². The van der Waals surface area contributed by atoms with Gasteiger partial charge in [-0.2, -0.15) is 4.98 Å². The predicted molar refractivity (Wildman–Crippen MR) is 103 cm³/mol. The van der Waals surface area contributed by atoms with Crippen molar-refractivity contribution in [2.45, 2.75) is 13.8 Å². The molecule has 0 aliphatic heterocycles. The second kappa shape index (κ2) is 6.40. The van der Waals surface area contributed by atoms with Crippen molar-refractivity contribution in [3.8, 4) is 11.1 Å². The first-order valence-electron chi connectivity index (χ1n) is 8.25. The van der Waals surface area contributed by atoms with Crippen LogP contribution in [-0.2, 0) is 0 Å². The number of aryl methyl sites for hydroxylation is 2. The molecule has 0 spiro atoms. The van der Waals surface area contributed by atoms with E-state index in [-0.39, 0.29) is 5.56 Å². The number of anilines is 2. The highest BCUT2D eigenvalue weighted by molar-refractivity contribution is 5.92. The molecule has 26 heavy (non-hydrogen) atoms. The Hall–Kier alpha value is -3.54. The zero-order valence-electron chi connectivity index (χ0n) is 14.4. The van der Waals surface area contributed by atoms with Gasteiger partial charge in [-0.3, -0.25) is 14.8 Å². The monoisotopic (exact) mass is 343 g/mol. The van der Waals surface area contributed by atoms with Crippen molar-refractivity contribution in [1.29, 1.82) is 0 Å². The van der Waals surface area contributed by atoms with Gasteiger partial charge in [0.15, 0.2) is 5.65 Å². The van der Waals surface area contributed by atoms with Crippen LogP contribution in [0.4, 0.5) is 11.6 Å². The van der Waals surface area contributed by atoms with Crippen LogP contribution in [0.15, 0.2) is 59.8 Å². The number of fused-ring (bicyclic) bond motifs is 1. The molecule has 4 aromatic rings. The maximum absolute atomic E-state index is 12.7. The summed E-state index contributed by atoms with van der Waals surface area (Å²) in [5, 5.41) is 3.60. The molecule has 0 saturated carbocycles. The Morgan fingerprint density at radius 3 is 2.69 bits per heavy atom. The summed E-state index contributed by atoms with van der Waals surface area (Å²) in [6.45, 7) is 4.10. The summed E-state index contributed by atoms with van der Waals surface area (Å²) in [6.07, 6.45) is 5.06. The molecule has 0 aliphatic carbocycles. The zero-order valence-corrected chi connectivity index (χ0v) is 14.4. The first-order chi connectivity index (χ1) is 12.6. The molecule has 0 bridgehead atoms. The normalized spacial score (nSPS) is 10.8. The van der Waals surface area contributed by atoms with Crippen LogP contribution in [0.25, 0.3) is 22.2 Å². The van der Waals surface area contributed by atoms with Crippen molar-refractivity contribution in [2.24, 2.45) is 0 Å². The Labute approximate surface area is 150 Å². The molecule has 3 aromatic heterocycles. The van der Waals surface area contributed by atoms with Gasteiger partial charge in [0.05, 0.1) is 5.39 Å². The molecular formula is C20H17N5O. The van der Waals surface area contributed by atoms with Gasteiger partial charge in [-0.25, -0.2) is 4.98 Å². The minimum Gasteiger partial charge on any atom is -0.326 e. The number of pyridine rings is 2. The number of aromatic amines is 1. The number of benzene rings is 1. The van der Waals surface area contributed by atoms with Crippen LogP contribution in [0, 0.1) is 13.8 Å². The summed E-state index contributed by atoms with van der Waals surface area (Å²) in [4.78, 5) is 28.4. The average molecular weight is 343 g/mol. The molecule has 0 radical (unpaired) electrons. The number of nitrogens with one attached hydrogen (secondary N) is 2. The van der Waals surface area contributed by atoms with Gasteiger partial charge in [0.2, 0.25) is 5.95 Å². The number of nitrogens with zero attached hydrogens (tertiary/aromatic N) is 3. The fourth-order valence-corrected chi connectivity index (χ4v) is 2.84. The van der Waals surface area contributed by atoms with Crippen LogP contribution in [0.1, 0.15) is 11.1 Å². The molecule has 4 rings (SSSR count). The second-order valence-electron chi connectivity index (χ2n) is 6.14. The van der Waals surface area contributed by atoms with E-state index in [4.69, 9.17) is 0 Å². The van der Waals surface area contributed by atoms with Crippen LogP contribution in [0.5, 0.6) is 0 Å². The van der Waals surface area contributed by atoms with Crippen LogP contribution >= 0.6 is 0 Å². The Kier molecular flexibility index (Phi) is 3.93. The second-order valence-corrected chi connectivity index (χ2v) is 6.14. The van der Waals surface area contributed by atoms with Gasteiger partial charge in [-0.1, -0.05) is 12.1 Å². The largest absolute Gasteiger partial charge is 0.326 e. The Morgan fingerprint density at radius 2 is 1.92 bits per heavy atom. The van der Waals surface area contributed by atoms with Crippen molar-refractivity contribution in [3.63, 3.8) is 0 Å². The van der Waals surface area contributed by atoms with Crippen LogP contribution in [-0.4, -0.2) is 19.9 Å². The van der Waals surface area contributed by atoms with Crippen molar-refractivity contribution in [1.82, 2.24) is 19.9 Å². The van der Waals surface area contributed by atoms with E-state index in [1.54, 1.807) is 24.7 Å². The number of hydrogen-bond donors (Lipinski definition) is 2. The minimum absolute atomic E-state index is 0.242. The van der Waals surface area contributed by atoms with E-state index in [1.807, 2.05) is 37.3 Å². The van der Waals surface area contributed by atoms with Gasteiger partial charge in [0.1, 0.15) is 0 Å². The van der Waals surface area contributed by atoms with Gasteiger partial charge in [0, 0.05) is 35.4 Å². The van der Waals surface area contributed by atoms with E-state index in [0.717, 1.165) is 22.4 Å². The molecular weight excluding hydrogens is 326 g/mol. The van der Waals surface area contributed by atoms with Crippen LogP contribution in [0.2, 0.25) is 0 Å². The first kappa shape index (κ1) is 16.0. The molecule has 2 N–H and O–H groups in total. The summed E-state index contributed by atoms with van der Waals surface area (Å²) >= 11 is 0. The molecule has 0 unspecified atom stereocenters. The third-order valence-electron chi connectivity index (χ3n) is 4.35. The van der Waals surface area contributed by atoms with E-state index < -0.39 is 0 Å². The predicted octanol–water partition coefficient (Wildman–Crippen LogP) is 3.74. The molecule has 0 saturated heterocycles. The van der Waals surface area contributed by atoms with Gasteiger partial charge in [0.25, 0.3) is 5.56 Å². The molecule has 0 atom stereocenters. The third kappa shape index (κ3) is 2.93. The molecule has 0 amide bonds. The van der Waals surface area contributed by atoms with Gasteiger partial charge in [-0.15, -0.1) is 0 Å². The lowest BCUT2D eigenvalue weighted by atomic mass is 10.1. The average Bonchev–Trinajstić information content (AvgIpc) is 2.65. The lowest BCUT2D eigenvalue weighted by molar-refractivity contribution is 1.14. The number of H-pyrrole nitrogens is 1. The summed E-state index contributed by atoms with van der Waals surface area (Å²) in [5.74, 6) is 0.363. The number of rotatable bonds is 3. The molecule has 6 nitrogen and oxygen atoms in total. The highest BCUT2D eigenvalue weighted by atomic mass is 16.1. The Bertz CT molecular complexity index is 1150. The van der Waals surface area contributed by atoms with Crippen molar-refractivity contribution < 1.29 is 0 Å². The quantitative estimate of drug-likeness (QED) is 0.592. The van der Waals surface area contributed by atoms with E-state index >= 15 is 0 Å².